The van der Waals surface area contributed by atoms with E-state index in [1.807, 2.05) is 0 Å². The number of benzene rings is 1. The first-order chi connectivity index (χ1) is 11.0. The van der Waals surface area contributed by atoms with Crippen molar-refractivity contribution < 1.29 is 21.6 Å². The second-order valence-corrected chi connectivity index (χ2v) is 10.5. The average molecular weight is 374 g/mol. The molecule has 1 aromatic rings. The molecule has 1 N–H and O–H groups in total. The summed E-state index contributed by atoms with van der Waals surface area (Å²) in [6.45, 7) is 0. The Hall–Kier alpha value is -1.61. The molecule has 2 rings (SSSR count). The Balaban J connectivity index is 2.09. The van der Waals surface area contributed by atoms with Crippen LogP contribution in [0.15, 0.2) is 29.2 Å². The molecule has 2 atom stereocenters. The second-order valence-electron chi connectivity index (χ2n) is 6.20. The first-order valence-corrected chi connectivity index (χ1v) is 11.4. The van der Waals surface area contributed by atoms with Crippen LogP contribution in [0.1, 0.15) is 19.3 Å². The molecule has 7 nitrogen and oxygen atoms in total. The maximum Gasteiger partial charge on any atom is 0.321 e. The highest BCUT2D eigenvalue weighted by molar-refractivity contribution is 7.91. The molecule has 0 bridgehead atoms. The van der Waals surface area contributed by atoms with Gasteiger partial charge in [-0.15, -0.1) is 0 Å². The number of nitrogens with zero attached hydrogens (tertiary/aromatic N) is 1. The smallest absolute Gasteiger partial charge is 0.321 e. The van der Waals surface area contributed by atoms with Gasteiger partial charge in [0.15, 0.2) is 19.7 Å². The summed E-state index contributed by atoms with van der Waals surface area (Å²) in [5, 5.41) is 2.13. The van der Waals surface area contributed by atoms with Gasteiger partial charge in [-0.05, 0) is 43.5 Å². The summed E-state index contributed by atoms with van der Waals surface area (Å²) in [4.78, 5) is 13.9. The molecule has 2 unspecified atom stereocenters. The van der Waals surface area contributed by atoms with Gasteiger partial charge in [-0.3, -0.25) is 0 Å². The number of hydrogen-bond donors (Lipinski definition) is 1. The lowest BCUT2D eigenvalue weighted by atomic mass is 10.2. The molecule has 2 amide bonds. The number of urea groups is 1. The van der Waals surface area contributed by atoms with Crippen molar-refractivity contribution in [3.8, 4) is 0 Å². The zero-order chi connectivity index (χ0) is 18.1. The standard InChI is InChI=1S/C15H22N2O5S2/c1-17(13-5-4-6-14(13)24(3,21)22)15(18)16-11-7-9-12(10-8-11)23(2,19)20/h7-10,13-14H,4-6H2,1-3H3,(H,16,18). The Morgan fingerprint density at radius 1 is 1.08 bits per heavy atom. The predicted octanol–water partition coefficient (Wildman–Crippen LogP) is 1.52. The van der Waals surface area contributed by atoms with E-state index < -0.39 is 31.0 Å². The lowest BCUT2D eigenvalue weighted by Crippen LogP contribution is -2.46. The van der Waals surface area contributed by atoms with Gasteiger partial charge >= 0.3 is 6.03 Å². The molecule has 1 aliphatic rings. The number of rotatable bonds is 4. The Morgan fingerprint density at radius 2 is 1.67 bits per heavy atom. The molecule has 0 saturated heterocycles. The molecular weight excluding hydrogens is 352 g/mol. The molecule has 134 valence electrons. The lowest BCUT2D eigenvalue weighted by Gasteiger charge is -2.29. The maximum atomic E-state index is 12.4. The number of hydrogen-bond acceptors (Lipinski definition) is 5. The Kier molecular flexibility index (Phi) is 5.24. The fraction of sp³-hybridized carbons (Fsp3) is 0.533. The minimum atomic E-state index is -3.29. The zero-order valence-electron chi connectivity index (χ0n) is 13.9. The van der Waals surface area contributed by atoms with E-state index in [1.165, 1.54) is 35.4 Å². The topological polar surface area (TPSA) is 101 Å². The van der Waals surface area contributed by atoms with Gasteiger partial charge in [-0.2, -0.15) is 0 Å². The first-order valence-electron chi connectivity index (χ1n) is 7.53. The highest BCUT2D eigenvalue weighted by Gasteiger charge is 2.38. The Bertz CT molecular complexity index is 816. The van der Waals surface area contributed by atoms with Crippen LogP contribution in [0.5, 0.6) is 0 Å². The number of nitrogens with one attached hydrogen (secondary N) is 1. The number of carbonyl (C=O) groups excluding carboxylic acids is 1. The van der Waals surface area contributed by atoms with E-state index in [0.717, 1.165) is 12.7 Å². The molecule has 24 heavy (non-hydrogen) atoms. The van der Waals surface area contributed by atoms with Crippen molar-refractivity contribution >= 4 is 31.4 Å². The highest BCUT2D eigenvalue weighted by atomic mass is 32.2. The van der Waals surface area contributed by atoms with E-state index in [2.05, 4.69) is 5.32 Å². The van der Waals surface area contributed by atoms with E-state index in [4.69, 9.17) is 0 Å². The van der Waals surface area contributed by atoms with E-state index >= 15 is 0 Å². The fourth-order valence-electron chi connectivity index (χ4n) is 3.00. The van der Waals surface area contributed by atoms with Crippen LogP contribution in [-0.2, 0) is 19.7 Å². The SMILES string of the molecule is CN(C(=O)Nc1ccc(S(C)(=O)=O)cc1)C1CCCC1S(C)(=O)=O. The van der Waals surface area contributed by atoms with Crippen molar-refractivity contribution in [3.63, 3.8) is 0 Å². The van der Waals surface area contributed by atoms with Gasteiger partial charge in [0.2, 0.25) is 0 Å². The summed E-state index contributed by atoms with van der Waals surface area (Å²) in [7, 11) is -4.93. The summed E-state index contributed by atoms with van der Waals surface area (Å²) < 4.78 is 46.5. The van der Waals surface area contributed by atoms with Crippen molar-refractivity contribution in [1.82, 2.24) is 4.90 Å². The molecule has 9 heteroatoms. The molecule has 0 aromatic heterocycles. The minimum Gasteiger partial charge on any atom is -0.323 e. The molecule has 0 aliphatic heterocycles. The minimum absolute atomic E-state index is 0.168. The van der Waals surface area contributed by atoms with E-state index in [0.29, 0.717) is 18.5 Å². The van der Waals surface area contributed by atoms with Crippen LogP contribution in [-0.4, -0.2) is 58.6 Å². The molecule has 1 aliphatic carbocycles. The maximum absolute atomic E-state index is 12.4. The number of anilines is 1. The third-order valence-electron chi connectivity index (χ3n) is 4.32. The number of sulfone groups is 2. The van der Waals surface area contributed by atoms with Crippen molar-refractivity contribution in [2.75, 3.05) is 24.9 Å². The molecule has 0 radical (unpaired) electrons. The number of carbonyl (C=O) groups is 1. The normalized spacial score (nSPS) is 21.5. The molecule has 0 spiro atoms. The quantitative estimate of drug-likeness (QED) is 0.861. The van der Waals surface area contributed by atoms with Crippen LogP contribution in [0.25, 0.3) is 0 Å². The summed E-state index contributed by atoms with van der Waals surface area (Å²) in [6, 6.07) is 5.08. The van der Waals surface area contributed by atoms with Gasteiger partial charge in [-0.1, -0.05) is 0 Å². The van der Waals surface area contributed by atoms with Crippen LogP contribution in [0.4, 0.5) is 10.5 Å². The molecule has 1 saturated carbocycles. The largest absolute Gasteiger partial charge is 0.323 e. The fourth-order valence-corrected chi connectivity index (χ4v) is 5.11. The predicted molar refractivity (Wildman–Crippen MR) is 92.6 cm³/mol. The molecule has 0 heterocycles. The van der Waals surface area contributed by atoms with E-state index in [-0.39, 0.29) is 10.9 Å². The van der Waals surface area contributed by atoms with E-state index in [9.17, 15) is 21.6 Å². The lowest BCUT2D eigenvalue weighted by molar-refractivity contribution is 0.205. The van der Waals surface area contributed by atoms with Crippen LogP contribution < -0.4 is 5.32 Å². The Labute approximate surface area is 142 Å². The third-order valence-corrected chi connectivity index (χ3v) is 7.10. The second kappa shape index (κ2) is 6.72. The highest BCUT2D eigenvalue weighted by Crippen LogP contribution is 2.29. The number of amides is 2. The van der Waals surface area contributed by atoms with Gasteiger partial charge in [0.25, 0.3) is 0 Å². The molecule has 1 fully saturated rings. The average Bonchev–Trinajstić information content (AvgIpc) is 2.95. The van der Waals surface area contributed by atoms with Crippen molar-refractivity contribution in [2.45, 2.75) is 35.4 Å². The summed E-state index contributed by atoms with van der Waals surface area (Å²) >= 11 is 0. The molecular formula is C15H22N2O5S2. The van der Waals surface area contributed by atoms with Gasteiger partial charge in [-0.25, -0.2) is 21.6 Å². The third kappa shape index (κ3) is 4.27. The monoisotopic (exact) mass is 374 g/mol. The van der Waals surface area contributed by atoms with Crippen LogP contribution >= 0.6 is 0 Å². The summed E-state index contributed by atoms with van der Waals surface area (Å²) in [5.41, 5.74) is 0.452. The van der Waals surface area contributed by atoms with Gasteiger partial charge in [0.1, 0.15) is 0 Å². The Morgan fingerprint density at radius 3 is 2.17 bits per heavy atom. The van der Waals surface area contributed by atoms with Crippen molar-refractivity contribution in [1.29, 1.82) is 0 Å². The van der Waals surface area contributed by atoms with Gasteiger partial charge < -0.3 is 10.2 Å². The van der Waals surface area contributed by atoms with Crippen LogP contribution in [0.2, 0.25) is 0 Å². The van der Waals surface area contributed by atoms with Gasteiger partial charge in [0.05, 0.1) is 10.1 Å². The van der Waals surface area contributed by atoms with Gasteiger partial charge in [0, 0.05) is 31.3 Å². The summed E-state index contributed by atoms with van der Waals surface area (Å²) in [5.74, 6) is 0. The molecule has 1 aromatic carbocycles. The summed E-state index contributed by atoms with van der Waals surface area (Å²) in [6.07, 6.45) is 4.29. The zero-order valence-corrected chi connectivity index (χ0v) is 15.5. The van der Waals surface area contributed by atoms with Crippen LogP contribution in [0.3, 0.4) is 0 Å². The van der Waals surface area contributed by atoms with E-state index in [1.54, 1.807) is 7.05 Å². The first kappa shape index (κ1) is 18.7. The van der Waals surface area contributed by atoms with Crippen molar-refractivity contribution in [3.05, 3.63) is 24.3 Å². The van der Waals surface area contributed by atoms with Crippen molar-refractivity contribution in [2.24, 2.45) is 0 Å². The van der Waals surface area contributed by atoms with Crippen LogP contribution in [0, 0.1) is 0 Å².